The number of aryl methyl sites for hydroxylation is 2. The predicted octanol–water partition coefficient (Wildman–Crippen LogP) is 3.02. The summed E-state index contributed by atoms with van der Waals surface area (Å²) in [6.07, 6.45) is 2.35. The third-order valence-electron chi connectivity index (χ3n) is 2.85. The van der Waals surface area contributed by atoms with Crippen LogP contribution in [0.4, 0.5) is 0 Å². The Hall–Kier alpha value is -1.53. The Morgan fingerprint density at radius 2 is 2.30 bits per heavy atom. The SMILES string of the molecule is CCc1nn(C)c(CSc2ncccc2C(=O)O)c1Cl. The molecule has 7 heteroatoms. The summed E-state index contributed by atoms with van der Waals surface area (Å²) in [5.41, 5.74) is 1.92. The van der Waals surface area contributed by atoms with E-state index < -0.39 is 5.97 Å². The normalized spacial score (nSPS) is 10.8. The number of aromatic nitrogens is 3. The van der Waals surface area contributed by atoms with Crippen LogP contribution in [0.15, 0.2) is 23.4 Å². The number of aromatic carboxylic acids is 1. The average molecular weight is 312 g/mol. The van der Waals surface area contributed by atoms with Crippen molar-refractivity contribution in [2.75, 3.05) is 0 Å². The minimum atomic E-state index is -0.981. The molecular formula is C13H14ClN3O2S. The summed E-state index contributed by atoms with van der Waals surface area (Å²) in [4.78, 5) is 15.2. The molecule has 0 atom stereocenters. The molecule has 2 aromatic heterocycles. The van der Waals surface area contributed by atoms with Crippen LogP contribution in [-0.4, -0.2) is 25.8 Å². The fourth-order valence-corrected chi connectivity index (χ4v) is 3.27. The highest BCUT2D eigenvalue weighted by Crippen LogP contribution is 2.29. The molecule has 0 radical (unpaired) electrons. The van der Waals surface area contributed by atoms with Crippen LogP contribution in [-0.2, 0) is 19.2 Å². The van der Waals surface area contributed by atoms with Crippen LogP contribution < -0.4 is 0 Å². The lowest BCUT2D eigenvalue weighted by atomic mass is 10.3. The molecule has 0 saturated carbocycles. The molecule has 0 bridgehead atoms. The second-order valence-electron chi connectivity index (χ2n) is 4.13. The van der Waals surface area contributed by atoms with E-state index in [4.69, 9.17) is 16.7 Å². The monoisotopic (exact) mass is 311 g/mol. The van der Waals surface area contributed by atoms with Crippen LogP contribution in [0.3, 0.4) is 0 Å². The van der Waals surface area contributed by atoms with Gasteiger partial charge in [0.2, 0.25) is 0 Å². The second-order valence-corrected chi connectivity index (χ2v) is 5.48. The highest BCUT2D eigenvalue weighted by atomic mass is 35.5. The van der Waals surface area contributed by atoms with Crippen LogP contribution in [0.25, 0.3) is 0 Å². The predicted molar refractivity (Wildman–Crippen MR) is 78.4 cm³/mol. The fraction of sp³-hybridized carbons (Fsp3) is 0.308. The van der Waals surface area contributed by atoms with E-state index in [-0.39, 0.29) is 5.56 Å². The zero-order valence-corrected chi connectivity index (χ0v) is 12.7. The summed E-state index contributed by atoms with van der Waals surface area (Å²) < 4.78 is 1.73. The molecule has 5 nitrogen and oxygen atoms in total. The number of halogens is 1. The molecule has 0 aliphatic carbocycles. The minimum absolute atomic E-state index is 0.200. The molecule has 2 heterocycles. The Morgan fingerprint density at radius 1 is 1.55 bits per heavy atom. The van der Waals surface area contributed by atoms with Crippen molar-refractivity contribution in [3.63, 3.8) is 0 Å². The molecule has 0 fully saturated rings. The first kappa shape index (κ1) is 14.9. The van der Waals surface area contributed by atoms with Crippen molar-refractivity contribution in [3.05, 3.63) is 40.3 Å². The number of nitrogens with zero attached hydrogens (tertiary/aromatic N) is 3. The maximum Gasteiger partial charge on any atom is 0.338 e. The highest BCUT2D eigenvalue weighted by molar-refractivity contribution is 7.98. The van der Waals surface area contributed by atoms with Crippen LogP contribution in [0.5, 0.6) is 0 Å². The number of pyridine rings is 1. The molecule has 0 aliphatic rings. The Labute approximate surface area is 126 Å². The molecule has 1 N–H and O–H groups in total. The number of carbonyl (C=O) groups is 1. The molecular weight excluding hydrogens is 298 g/mol. The van der Waals surface area contributed by atoms with Gasteiger partial charge < -0.3 is 5.11 Å². The summed E-state index contributed by atoms with van der Waals surface area (Å²) in [6, 6.07) is 3.15. The Kier molecular flexibility index (Phi) is 4.67. The summed E-state index contributed by atoms with van der Waals surface area (Å²) in [6.45, 7) is 1.99. The number of rotatable bonds is 5. The number of carboxylic acids is 1. The Bertz CT molecular complexity index is 643. The van der Waals surface area contributed by atoms with Gasteiger partial charge in [-0.05, 0) is 18.6 Å². The molecule has 0 aliphatic heterocycles. The van der Waals surface area contributed by atoms with Crippen LogP contribution in [0.2, 0.25) is 5.02 Å². The van der Waals surface area contributed by atoms with E-state index in [1.165, 1.54) is 11.8 Å². The van der Waals surface area contributed by atoms with Gasteiger partial charge in [0, 0.05) is 19.0 Å². The topological polar surface area (TPSA) is 68.0 Å². The molecule has 2 aromatic rings. The van der Waals surface area contributed by atoms with Crippen LogP contribution in [0.1, 0.15) is 28.7 Å². The van der Waals surface area contributed by atoms with E-state index in [2.05, 4.69) is 10.1 Å². The van der Waals surface area contributed by atoms with Gasteiger partial charge in [-0.3, -0.25) is 4.68 Å². The molecule has 2 rings (SSSR count). The van der Waals surface area contributed by atoms with E-state index in [0.717, 1.165) is 17.8 Å². The van der Waals surface area contributed by atoms with Gasteiger partial charge in [-0.25, -0.2) is 9.78 Å². The van der Waals surface area contributed by atoms with Gasteiger partial charge in [-0.2, -0.15) is 5.10 Å². The van der Waals surface area contributed by atoms with E-state index in [1.807, 2.05) is 14.0 Å². The quantitative estimate of drug-likeness (QED) is 0.860. The highest BCUT2D eigenvalue weighted by Gasteiger charge is 2.16. The van der Waals surface area contributed by atoms with Crippen molar-refractivity contribution >= 4 is 29.3 Å². The molecule has 0 saturated heterocycles. The van der Waals surface area contributed by atoms with Gasteiger partial charge in [0.15, 0.2) is 0 Å². The average Bonchev–Trinajstić information content (AvgIpc) is 2.71. The minimum Gasteiger partial charge on any atom is -0.478 e. The zero-order valence-electron chi connectivity index (χ0n) is 11.1. The molecule has 20 heavy (non-hydrogen) atoms. The lowest BCUT2D eigenvalue weighted by molar-refractivity contribution is 0.0692. The Balaban J connectivity index is 2.21. The van der Waals surface area contributed by atoms with Crippen molar-refractivity contribution < 1.29 is 9.90 Å². The van der Waals surface area contributed by atoms with Crippen LogP contribution in [0, 0.1) is 0 Å². The van der Waals surface area contributed by atoms with Gasteiger partial charge in [-0.1, -0.05) is 30.3 Å². The van der Waals surface area contributed by atoms with Gasteiger partial charge in [0.25, 0.3) is 0 Å². The smallest absolute Gasteiger partial charge is 0.338 e. The summed E-state index contributed by atoms with van der Waals surface area (Å²) >= 11 is 7.61. The molecule has 0 unspecified atom stereocenters. The third-order valence-corrected chi connectivity index (χ3v) is 4.30. The van der Waals surface area contributed by atoms with Crippen molar-refractivity contribution in [1.29, 1.82) is 0 Å². The lowest BCUT2D eigenvalue weighted by Gasteiger charge is -2.05. The van der Waals surface area contributed by atoms with Gasteiger partial charge in [0.05, 0.1) is 22.0 Å². The zero-order chi connectivity index (χ0) is 14.7. The number of carboxylic acid groups (broad SMARTS) is 1. The molecule has 0 aromatic carbocycles. The van der Waals surface area contributed by atoms with Gasteiger partial charge in [-0.15, -0.1) is 0 Å². The fourth-order valence-electron chi connectivity index (χ4n) is 1.78. The molecule has 0 amide bonds. The van der Waals surface area contributed by atoms with Crippen molar-refractivity contribution in [1.82, 2.24) is 14.8 Å². The molecule has 0 spiro atoms. The lowest BCUT2D eigenvalue weighted by Crippen LogP contribution is -2.01. The summed E-state index contributed by atoms with van der Waals surface area (Å²) in [7, 11) is 1.83. The number of hydrogen-bond acceptors (Lipinski definition) is 4. The van der Waals surface area contributed by atoms with Crippen molar-refractivity contribution in [2.45, 2.75) is 24.1 Å². The van der Waals surface area contributed by atoms with E-state index in [9.17, 15) is 4.79 Å². The van der Waals surface area contributed by atoms with Gasteiger partial charge >= 0.3 is 5.97 Å². The van der Waals surface area contributed by atoms with Gasteiger partial charge in [0.1, 0.15) is 5.03 Å². The summed E-state index contributed by atoms with van der Waals surface area (Å²) in [5, 5.41) is 14.6. The number of thioether (sulfide) groups is 1. The summed E-state index contributed by atoms with van der Waals surface area (Å²) in [5.74, 6) is -0.453. The standard InChI is InChI=1S/C13H14ClN3O2S/c1-3-9-11(14)10(17(2)16-9)7-20-12-8(13(18)19)5-4-6-15-12/h4-6H,3,7H2,1-2H3,(H,18,19). The molecule has 106 valence electrons. The largest absolute Gasteiger partial charge is 0.478 e. The second kappa shape index (κ2) is 6.28. The first-order valence-electron chi connectivity index (χ1n) is 6.06. The van der Waals surface area contributed by atoms with E-state index >= 15 is 0 Å². The van der Waals surface area contributed by atoms with Crippen molar-refractivity contribution in [3.8, 4) is 0 Å². The van der Waals surface area contributed by atoms with Crippen LogP contribution >= 0.6 is 23.4 Å². The van der Waals surface area contributed by atoms with Crippen molar-refractivity contribution in [2.24, 2.45) is 7.05 Å². The first-order chi connectivity index (χ1) is 9.54. The Morgan fingerprint density at radius 3 is 2.90 bits per heavy atom. The first-order valence-corrected chi connectivity index (χ1v) is 7.42. The number of hydrogen-bond donors (Lipinski definition) is 1. The van der Waals surface area contributed by atoms with E-state index in [1.54, 1.807) is 23.0 Å². The van der Waals surface area contributed by atoms with E-state index in [0.29, 0.717) is 15.8 Å². The maximum absolute atomic E-state index is 11.1. The maximum atomic E-state index is 11.1. The third kappa shape index (κ3) is 2.96.